The van der Waals surface area contributed by atoms with E-state index in [0.29, 0.717) is 12.5 Å². The molecule has 6 heteroatoms. The molecule has 0 bridgehead atoms. The van der Waals surface area contributed by atoms with Gasteiger partial charge >= 0.3 is 0 Å². The maximum atomic E-state index is 5.71. The quantitative estimate of drug-likeness (QED) is 0.702. The summed E-state index contributed by atoms with van der Waals surface area (Å²) in [7, 11) is 1.68. The van der Waals surface area contributed by atoms with Crippen molar-refractivity contribution in [1.82, 2.24) is 10.2 Å². The van der Waals surface area contributed by atoms with Crippen molar-refractivity contribution in [3.63, 3.8) is 0 Å². The van der Waals surface area contributed by atoms with Gasteiger partial charge in [0.2, 0.25) is 5.13 Å². The molecular weight excluding hydrogens is 222 g/mol. The third-order valence-corrected chi connectivity index (χ3v) is 2.77. The Kier molecular flexibility index (Phi) is 5.14. The summed E-state index contributed by atoms with van der Waals surface area (Å²) in [5.41, 5.74) is 0. The van der Waals surface area contributed by atoms with Crippen LogP contribution in [-0.4, -0.2) is 42.9 Å². The first-order valence-electron chi connectivity index (χ1n) is 4.38. The molecule has 14 heavy (non-hydrogen) atoms. The predicted molar refractivity (Wildman–Crippen MR) is 59.5 cm³/mol. The Bertz CT molecular complexity index is 269. The zero-order valence-electron chi connectivity index (χ0n) is 8.36. The second-order valence-electron chi connectivity index (χ2n) is 2.77. The molecule has 1 aromatic heterocycles. The summed E-state index contributed by atoms with van der Waals surface area (Å²) in [6, 6.07) is 0. The van der Waals surface area contributed by atoms with Crippen molar-refractivity contribution >= 4 is 28.1 Å². The molecule has 80 valence electrons. The predicted octanol–water partition coefficient (Wildman–Crippen LogP) is 1.54. The van der Waals surface area contributed by atoms with E-state index in [0.717, 1.165) is 23.2 Å². The number of hydrogen-bond acceptors (Lipinski definition) is 5. The van der Waals surface area contributed by atoms with E-state index in [4.69, 9.17) is 16.3 Å². The summed E-state index contributed by atoms with van der Waals surface area (Å²) in [6.07, 6.45) is 0. The molecule has 1 aromatic rings. The standard InChI is InChI=1S/C8H14ClN3OS/c1-7-10-11-8(14-7)12(4-3-9)5-6-13-2/h3-6H2,1-2H3. The molecule has 0 spiro atoms. The van der Waals surface area contributed by atoms with Crippen LogP contribution < -0.4 is 4.90 Å². The van der Waals surface area contributed by atoms with Crippen LogP contribution in [0.3, 0.4) is 0 Å². The number of nitrogens with zero attached hydrogens (tertiary/aromatic N) is 3. The fourth-order valence-corrected chi connectivity index (χ4v) is 1.96. The van der Waals surface area contributed by atoms with Gasteiger partial charge in [-0.1, -0.05) is 11.3 Å². The Morgan fingerprint density at radius 2 is 2.21 bits per heavy atom. The van der Waals surface area contributed by atoms with Crippen LogP contribution >= 0.6 is 22.9 Å². The van der Waals surface area contributed by atoms with Crippen molar-refractivity contribution in [2.24, 2.45) is 0 Å². The first-order valence-corrected chi connectivity index (χ1v) is 5.73. The molecule has 0 aliphatic carbocycles. The van der Waals surface area contributed by atoms with Gasteiger partial charge in [0, 0.05) is 26.1 Å². The Labute approximate surface area is 92.8 Å². The number of hydrogen-bond donors (Lipinski definition) is 0. The smallest absolute Gasteiger partial charge is 0.208 e. The lowest BCUT2D eigenvalue weighted by atomic mass is 10.5. The molecule has 0 saturated carbocycles. The van der Waals surface area contributed by atoms with Crippen LogP contribution in [0.5, 0.6) is 0 Å². The van der Waals surface area contributed by atoms with E-state index in [-0.39, 0.29) is 0 Å². The summed E-state index contributed by atoms with van der Waals surface area (Å²) < 4.78 is 5.02. The lowest BCUT2D eigenvalue weighted by Crippen LogP contribution is -2.29. The SMILES string of the molecule is COCCN(CCCl)c1nnc(C)s1. The zero-order valence-corrected chi connectivity index (χ0v) is 9.94. The van der Waals surface area contributed by atoms with Gasteiger partial charge < -0.3 is 9.64 Å². The molecule has 0 radical (unpaired) electrons. The molecule has 4 nitrogen and oxygen atoms in total. The van der Waals surface area contributed by atoms with Gasteiger partial charge in [0.15, 0.2) is 0 Å². The van der Waals surface area contributed by atoms with E-state index >= 15 is 0 Å². The first-order chi connectivity index (χ1) is 6.77. The molecule has 0 amide bonds. The number of aromatic nitrogens is 2. The van der Waals surface area contributed by atoms with Crippen molar-refractivity contribution in [3.8, 4) is 0 Å². The summed E-state index contributed by atoms with van der Waals surface area (Å²) >= 11 is 7.28. The molecule has 0 aliphatic heterocycles. The number of rotatable bonds is 6. The van der Waals surface area contributed by atoms with Gasteiger partial charge in [0.05, 0.1) is 6.61 Å². The summed E-state index contributed by atoms with van der Waals surface area (Å²) in [5.74, 6) is 0.586. The van der Waals surface area contributed by atoms with Gasteiger partial charge in [0.1, 0.15) is 5.01 Å². The van der Waals surface area contributed by atoms with E-state index in [2.05, 4.69) is 15.1 Å². The first kappa shape index (κ1) is 11.7. The van der Waals surface area contributed by atoms with Crippen LogP contribution in [0.1, 0.15) is 5.01 Å². The van der Waals surface area contributed by atoms with Crippen molar-refractivity contribution in [2.45, 2.75) is 6.92 Å². The highest BCUT2D eigenvalue weighted by molar-refractivity contribution is 7.15. The van der Waals surface area contributed by atoms with Crippen LogP contribution in [0.4, 0.5) is 5.13 Å². The molecule has 0 aliphatic rings. The van der Waals surface area contributed by atoms with E-state index in [1.807, 2.05) is 6.92 Å². The fraction of sp³-hybridized carbons (Fsp3) is 0.750. The summed E-state index contributed by atoms with van der Waals surface area (Å²) in [5, 5.41) is 9.92. The highest BCUT2D eigenvalue weighted by atomic mass is 35.5. The maximum Gasteiger partial charge on any atom is 0.208 e. The van der Waals surface area contributed by atoms with E-state index in [1.165, 1.54) is 0 Å². The number of anilines is 1. The van der Waals surface area contributed by atoms with Gasteiger partial charge in [-0.05, 0) is 6.92 Å². The lowest BCUT2D eigenvalue weighted by Gasteiger charge is -2.19. The average Bonchev–Trinajstić information content (AvgIpc) is 2.59. The second kappa shape index (κ2) is 6.16. The highest BCUT2D eigenvalue weighted by Gasteiger charge is 2.09. The number of alkyl halides is 1. The normalized spacial score (nSPS) is 10.5. The molecule has 1 rings (SSSR count). The Hall–Kier alpha value is -0.390. The van der Waals surface area contributed by atoms with Gasteiger partial charge in [-0.25, -0.2) is 0 Å². The van der Waals surface area contributed by atoms with E-state index in [1.54, 1.807) is 18.4 Å². The van der Waals surface area contributed by atoms with Crippen LogP contribution in [0, 0.1) is 6.92 Å². The largest absolute Gasteiger partial charge is 0.383 e. The number of aryl methyl sites for hydroxylation is 1. The Balaban J connectivity index is 2.57. The molecule has 0 N–H and O–H groups in total. The zero-order chi connectivity index (χ0) is 10.4. The van der Waals surface area contributed by atoms with Crippen molar-refractivity contribution in [2.75, 3.05) is 37.6 Å². The lowest BCUT2D eigenvalue weighted by molar-refractivity contribution is 0.205. The highest BCUT2D eigenvalue weighted by Crippen LogP contribution is 2.18. The van der Waals surface area contributed by atoms with Crippen LogP contribution in [-0.2, 0) is 4.74 Å². The van der Waals surface area contributed by atoms with Crippen molar-refractivity contribution in [3.05, 3.63) is 5.01 Å². The topological polar surface area (TPSA) is 38.2 Å². The van der Waals surface area contributed by atoms with Gasteiger partial charge in [-0.2, -0.15) is 0 Å². The van der Waals surface area contributed by atoms with Crippen LogP contribution in [0.25, 0.3) is 0 Å². The van der Waals surface area contributed by atoms with E-state index < -0.39 is 0 Å². The number of halogens is 1. The Morgan fingerprint density at radius 1 is 1.43 bits per heavy atom. The maximum absolute atomic E-state index is 5.71. The molecular formula is C8H14ClN3OS. The molecule has 0 fully saturated rings. The van der Waals surface area contributed by atoms with Crippen LogP contribution in [0.15, 0.2) is 0 Å². The average molecular weight is 236 g/mol. The van der Waals surface area contributed by atoms with Gasteiger partial charge in [-0.15, -0.1) is 21.8 Å². The minimum absolute atomic E-state index is 0.586. The third kappa shape index (κ3) is 3.40. The van der Waals surface area contributed by atoms with Crippen molar-refractivity contribution in [1.29, 1.82) is 0 Å². The van der Waals surface area contributed by atoms with Gasteiger partial charge in [0.25, 0.3) is 0 Å². The van der Waals surface area contributed by atoms with Crippen LogP contribution in [0.2, 0.25) is 0 Å². The number of methoxy groups -OCH3 is 1. The summed E-state index contributed by atoms with van der Waals surface area (Å²) in [4.78, 5) is 2.08. The minimum atomic E-state index is 0.586. The second-order valence-corrected chi connectivity index (χ2v) is 4.31. The summed E-state index contributed by atoms with van der Waals surface area (Å²) in [6.45, 7) is 4.20. The van der Waals surface area contributed by atoms with Gasteiger partial charge in [-0.3, -0.25) is 0 Å². The molecule has 0 atom stereocenters. The molecule has 1 heterocycles. The fourth-order valence-electron chi connectivity index (χ4n) is 1.02. The monoisotopic (exact) mass is 235 g/mol. The Morgan fingerprint density at radius 3 is 2.71 bits per heavy atom. The van der Waals surface area contributed by atoms with Crippen molar-refractivity contribution < 1.29 is 4.74 Å². The molecule has 0 unspecified atom stereocenters. The third-order valence-electron chi connectivity index (χ3n) is 1.71. The molecule has 0 aromatic carbocycles. The van der Waals surface area contributed by atoms with E-state index in [9.17, 15) is 0 Å². The minimum Gasteiger partial charge on any atom is -0.383 e. The molecule has 0 saturated heterocycles. The number of ether oxygens (including phenoxy) is 1.